The van der Waals surface area contributed by atoms with Crippen molar-refractivity contribution in [2.24, 2.45) is 10.9 Å². The van der Waals surface area contributed by atoms with Gasteiger partial charge in [0.2, 0.25) is 0 Å². The topological polar surface area (TPSA) is 96.7 Å². The van der Waals surface area contributed by atoms with Crippen molar-refractivity contribution in [3.05, 3.63) is 12.2 Å². The van der Waals surface area contributed by atoms with Gasteiger partial charge in [-0.2, -0.15) is 0 Å². The van der Waals surface area contributed by atoms with Crippen LogP contribution in [0.15, 0.2) is 11.3 Å². The van der Waals surface area contributed by atoms with Crippen LogP contribution in [0.1, 0.15) is 46.4 Å². The zero-order valence-corrected chi connectivity index (χ0v) is 17.9. The van der Waals surface area contributed by atoms with Gasteiger partial charge in [-0.05, 0) is 39.5 Å². The number of piperidine rings is 1. The lowest BCUT2D eigenvalue weighted by molar-refractivity contribution is 0.0168. The molecule has 1 fully saturated rings. The van der Waals surface area contributed by atoms with Crippen molar-refractivity contribution >= 4 is 12.1 Å². The number of rotatable bonds is 6. The highest BCUT2D eigenvalue weighted by Gasteiger charge is 2.27. The molecule has 1 aliphatic heterocycles. The molecule has 0 radical (unpaired) electrons. The lowest BCUT2D eigenvalue weighted by Gasteiger charge is -2.34. The number of aryl methyl sites for hydroxylation is 1. The van der Waals surface area contributed by atoms with Crippen molar-refractivity contribution in [2.45, 2.75) is 59.1 Å². The number of aliphatic imine (C=N–C) groups is 1. The van der Waals surface area contributed by atoms with Gasteiger partial charge in [0, 0.05) is 46.2 Å². The van der Waals surface area contributed by atoms with Crippen molar-refractivity contribution in [3.63, 3.8) is 0 Å². The number of nitrogens with zero attached hydrogens (tertiary/aromatic N) is 5. The van der Waals surface area contributed by atoms with Crippen molar-refractivity contribution in [1.29, 1.82) is 0 Å². The van der Waals surface area contributed by atoms with Gasteiger partial charge < -0.3 is 24.8 Å². The molecule has 0 bridgehead atoms. The molecule has 158 valence electrons. The van der Waals surface area contributed by atoms with Gasteiger partial charge in [0.1, 0.15) is 17.8 Å². The third-order valence-corrected chi connectivity index (χ3v) is 4.61. The molecular weight excluding hydrogens is 358 g/mol. The average molecular weight is 394 g/mol. The summed E-state index contributed by atoms with van der Waals surface area (Å²) < 4.78 is 7.54. The molecule has 0 saturated carbocycles. The predicted molar refractivity (Wildman–Crippen MR) is 109 cm³/mol. The van der Waals surface area contributed by atoms with Crippen LogP contribution >= 0.6 is 0 Å². The minimum absolute atomic E-state index is 0.222. The molecule has 1 aliphatic rings. The Bertz CT molecular complexity index is 651. The zero-order valence-electron chi connectivity index (χ0n) is 17.9. The van der Waals surface area contributed by atoms with E-state index < -0.39 is 5.60 Å². The highest BCUT2D eigenvalue weighted by atomic mass is 16.6. The van der Waals surface area contributed by atoms with Crippen LogP contribution < -0.4 is 10.6 Å². The SMILES string of the molecule is CCc1nncn1CCNC(=NC)NCC1CCCN(C(=O)OC(C)(C)C)C1. The summed E-state index contributed by atoms with van der Waals surface area (Å²) in [5.74, 6) is 2.12. The van der Waals surface area contributed by atoms with Crippen LogP contribution in [0.3, 0.4) is 0 Å². The standard InChI is InChI=1S/C19H35N7O2/c1-6-16-24-23-14-26(16)11-9-21-17(20-5)22-12-15-8-7-10-25(13-15)18(27)28-19(2,3)4/h14-15H,6-13H2,1-5H3,(H2,20,21,22). The van der Waals surface area contributed by atoms with E-state index in [9.17, 15) is 4.79 Å². The van der Waals surface area contributed by atoms with Gasteiger partial charge in [0.15, 0.2) is 5.96 Å². The van der Waals surface area contributed by atoms with E-state index in [0.717, 1.165) is 57.2 Å². The van der Waals surface area contributed by atoms with Gasteiger partial charge in [-0.15, -0.1) is 10.2 Å². The second kappa shape index (κ2) is 10.3. The summed E-state index contributed by atoms with van der Waals surface area (Å²) in [6, 6.07) is 0. The van der Waals surface area contributed by atoms with E-state index in [-0.39, 0.29) is 6.09 Å². The Morgan fingerprint density at radius 3 is 2.86 bits per heavy atom. The molecule has 2 N–H and O–H groups in total. The molecule has 1 aromatic rings. The normalized spacial score (nSPS) is 18.1. The lowest BCUT2D eigenvalue weighted by Crippen LogP contribution is -2.47. The van der Waals surface area contributed by atoms with E-state index in [2.05, 4.69) is 32.7 Å². The summed E-state index contributed by atoms with van der Waals surface area (Å²) in [4.78, 5) is 18.4. The number of carbonyl (C=O) groups excluding carboxylic acids is 1. The molecule has 0 spiro atoms. The Labute approximate surface area is 167 Å². The molecular formula is C19H35N7O2. The van der Waals surface area contributed by atoms with Crippen LogP contribution in [0.25, 0.3) is 0 Å². The van der Waals surface area contributed by atoms with E-state index >= 15 is 0 Å². The Morgan fingerprint density at radius 2 is 2.18 bits per heavy atom. The average Bonchev–Trinajstić information content (AvgIpc) is 3.11. The maximum atomic E-state index is 12.3. The highest BCUT2D eigenvalue weighted by Crippen LogP contribution is 2.18. The smallest absolute Gasteiger partial charge is 0.410 e. The lowest BCUT2D eigenvalue weighted by atomic mass is 9.98. The van der Waals surface area contributed by atoms with Crippen LogP contribution in [0.4, 0.5) is 4.79 Å². The first-order valence-corrected chi connectivity index (χ1v) is 10.1. The van der Waals surface area contributed by atoms with Gasteiger partial charge in [-0.3, -0.25) is 4.99 Å². The van der Waals surface area contributed by atoms with Crippen LogP contribution in [0.2, 0.25) is 0 Å². The summed E-state index contributed by atoms with van der Waals surface area (Å²) >= 11 is 0. The second-order valence-corrected chi connectivity index (χ2v) is 8.11. The monoisotopic (exact) mass is 393 g/mol. The van der Waals surface area contributed by atoms with Crippen molar-refractivity contribution < 1.29 is 9.53 Å². The predicted octanol–water partition coefficient (Wildman–Crippen LogP) is 1.65. The van der Waals surface area contributed by atoms with Gasteiger partial charge in [0.05, 0.1) is 0 Å². The maximum Gasteiger partial charge on any atom is 0.410 e. The summed E-state index contributed by atoms with van der Waals surface area (Å²) in [6.45, 7) is 11.5. The van der Waals surface area contributed by atoms with E-state index in [0.29, 0.717) is 12.5 Å². The molecule has 28 heavy (non-hydrogen) atoms. The van der Waals surface area contributed by atoms with Crippen LogP contribution in [0.5, 0.6) is 0 Å². The number of guanidine groups is 1. The number of likely N-dealkylation sites (tertiary alicyclic amines) is 1. The first-order chi connectivity index (χ1) is 13.3. The minimum Gasteiger partial charge on any atom is -0.444 e. The van der Waals surface area contributed by atoms with E-state index in [1.54, 1.807) is 13.4 Å². The van der Waals surface area contributed by atoms with Gasteiger partial charge in [0.25, 0.3) is 0 Å². The fraction of sp³-hybridized carbons (Fsp3) is 0.789. The quantitative estimate of drug-likeness (QED) is 0.563. The van der Waals surface area contributed by atoms with Crippen molar-refractivity contribution in [2.75, 3.05) is 33.2 Å². The fourth-order valence-electron chi connectivity index (χ4n) is 3.22. The molecule has 2 rings (SSSR count). The second-order valence-electron chi connectivity index (χ2n) is 8.11. The zero-order chi connectivity index (χ0) is 20.6. The Hall–Kier alpha value is -2.32. The van der Waals surface area contributed by atoms with Crippen LogP contribution in [-0.2, 0) is 17.7 Å². The molecule has 1 saturated heterocycles. The molecule has 9 heteroatoms. The van der Waals surface area contributed by atoms with Crippen LogP contribution in [0, 0.1) is 5.92 Å². The van der Waals surface area contributed by atoms with Gasteiger partial charge in [-0.1, -0.05) is 6.92 Å². The van der Waals surface area contributed by atoms with Crippen molar-refractivity contribution in [1.82, 2.24) is 30.3 Å². The number of hydrogen-bond donors (Lipinski definition) is 2. The minimum atomic E-state index is -0.462. The summed E-state index contributed by atoms with van der Waals surface area (Å²) in [5, 5.41) is 14.7. The van der Waals surface area contributed by atoms with Gasteiger partial charge >= 0.3 is 6.09 Å². The number of nitrogens with one attached hydrogen (secondary N) is 2. The molecule has 1 aromatic heterocycles. The molecule has 1 unspecified atom stereocenters. The Kier molecular flexibility index (Phi) is 8.07. The molecule has 0 aliphatic carbocycles. The van der Waals surface area contributed by atoms with E-state index in [1.807, 2.05) is 30.2 Å². The molecule has 2 heterocycles. The Morgan fingerprint density at radius 1 is 1.39 bits per heavy atom. The molecule has 9 nitrogen and oxygen atoms in total. The van der Waals surface area contributed by atoms with E-state index in [1.165, 1.54) is 0 Å². The number of hydrogen-bond acceptors (Lipinski definition) is 5. The molecule has 0 aromatic carbocycles. The number of carbonyl (C=O) groups is 1. The third-order valence-electron chi connectivity index (χ3n) is 4.61. The number of ether oxygens (including phenoxy) is 1. The molecule has 1 atom stereocenters. The first kappa shape index (κ1) is 22.0. The third kappa shape index (κ3) is 7.01. The number of aromatic nitrogens is 3. The van der Waals surface area contributed by atoms with Crippen LogP contribution in [-0.4, -0.2) is 70.5 Å². The maximum absolute atomic E-state index is 12.3. The summed E-state index contributed by atoms with van der Waals surface area (Å²) in [6.07, 6.45) is 4.47. The highest BCUT2D eigenvalue weighted by molar-refractivity contribution is 5.79. The fourth-order valence-corrected chi connectivity index (χ4v) is 3.22. The first-order valence-electron chi connectivity index (χ1n) is 10.1. The number of amides is 1. The summed E-state index contributed by atoms with van der Waals surface area (Å²) in [7, 11) is 1.76. The van der Waals surface area contributed by atoms with Gasteiger partial charge in [-0.25, -0.2) is 4.79 Å². The summed E-state index contributed by atoms with van der Waals surface area (Å²) in [5.41, 5.74) is -0.462. The Balaban J connectivity index is 1.74. The van der Waals surface area contributed by atoms with Crippen molar-refractivity contribution in [3.8, 4) is 0 Å². The molecule has 1 amide bonds. The van der Waals surface area contributed by atoms with E-state index in [4.69, 9.17) is 4.74 Å². The largest absolute Gasteiger partial charge is 0.444 e.